The quantitative estimate of drug-likeness (QED) is 0.782. The lowest BCUT2D eigenvalue weighted by Crippen LogP contribution is -2.37. The maximum Gasteiger partial charge on any atom is 0.416 e. The summed E-state index contributed by atoms with van der Waals surface area (Å²) in [6.45, 7) is 0.596. The molecule has 2 aromatic carbocycles. The number of nitrogens with zero attached hydrogens (tertiary/aromatic N) is 1. The predicted octanol–water partition coefficient (Wildman–Crippen LogP) is 4.11. The molecule has 0 radical (unpaired) electrons. The Labute approximate surface area is 135 Å². The molecule has 4 rings (SSSR count). The Balaban J connectivity index is 1.88. The lowest BCUT2D eigenvalue weighted by Gasteiger charge is -2.32. The molecular formula is C17H12F3NOS. The maximum atomic E-state index is 12.8. The third-order valence-corrected chi connectivity index (χ3v) is 5.86. The monoisotopic (exact) mass is 335 g/mol. The minimum Gasteiger partial charge on any atom is -0.315 e. The third kappa shape index (κ3) is 1.94. The van der Waals surface area contributed by atoms with Crippen LogP contribution in [-0.2, 0) is 11.0 Å². The SMILES string of the molecule is O=C1c2ccccc2C2(c3ccc(C(F)(F)F)cc3)SCCN12. The molecule has 0 bridgehead atoms. The van der Waals surface area contributed by atoms with Crippen molar-refractivity contribution in [1.29, 1.82) is 0 Å². The van der Waals surface area contributed by atoms with Crippen molar-refractivity contribution in [2.24, 2.45) is 0 Å². The zero-order chi connectivity index (χ0) is 16.2. The molecule has 1 fully saturated rings. The largest absolute Gasteiger partial charge is 0.416 e. The number of amides is 1. The topological polar surface area (TPSA) is 20.3 Å². The first-order valence-electron chi connectivity index (χ1n) is 7.18. The summed E-state index contributed by atoms with van der Waals surface area (Å²) in [5, 5.41) is 0. The van der Waals surface area contributed by atoms with E-state index in [2.05, 4.69) is 0 Å². The van der Waals surface area contributed by atoms with Gasteiger partial charge < -0.3 is 4.90 Å². The molecule has 2 heterocycles. The van der Waals surface area contributed by atoms with E-state index < -0.39 is 16.6 Å². The van der Waals surface area contributed by atoms with Gasteiger partial charge in [-0.3, -0.25) is 4.79 Å². The highest BCUT2D eigenvalue weighted by atomic mass is 32.2. The number of hydrogen-bond acceptors (Lipinski definition) is 2. The van der Waals surface area contributed by atoms with Crippen LogP contribution in [0.3, 0.4) is 0 Å². The smallest absolute Gasteiger partial charge is 0.315 e. The lowest BCUT2D eigenvalue weighted by molar-refractivity contribution is -0.137. The van der Waals surface area contributed by atoms with E-state index in [1.807, 2.05) is 18.2 Å². The molecule has 1 atom stereocenters. The molecule has 0 aliphatic carbocycles. The first kappa shape index (κ1) is 14.6. The van der Waals surface area contributed by atoms with Crippen LogP contribution in [0.5, 0.6) is 0 Å². The Kier molecular flexibility index (Phi) is 3.04. The van der Waals surface area contributed by atoms with Crippen LogP contribution in [0.2, 0.25) is 0 Å². The van der Waals surface area contributed by atoms with Crippen LogP contribution in [0.25, 0.3) is 0 Å². The van der Waals surface area contributed by atoms with Crippen molar-refractivity contribution in [3.05, 3.63) is 70.8 Å². The van der Waals surface area contributed by atoms with Gasteiger partial charge >= 0.3 is 6.18 Å². The summed E-state index contributed by atoms with van der Waals surface area (Å²) in [4.78, 5) is 13.7. The molecule has 0 aromatic heterocycles. The van der Waals surface area contributed by atoms with Crippen molar-refractivity contribution >= 4 is 17.7 Å². The molecular weight excluding hydrogens is 323 g/mol. The molecule has 0 N–H and O–H groups in total. The van der Waals surface area contributed by atoms with Crippen LogP contribution in [0.4, 0.5) is 13.2 Å². The number of hydrogen-bond donors (Lipinski definition) is 0. The Morgan fingerprint density at radius 3 is 2.43 bits per heavy atom. The maximum absolute atomic E-state index is 12.8. The fraction of sp³-hybridized carbons (Fsp3) is 0.235. The summed E-state index contributed by atoms with van der Waals surface area (Å²) in [5.74, 6) is 0.715. The number of rotatable bonds is 1. The van der Waals surface area contributed by atoms with E-state index in [4.69, 9.17) is 0 Å². The van der Waals surface area contributed by atoms with Crippen LogP contribution in [0.15, 0.2) is 48.5 Å². The Morgan fingerprint density at radius 2 is 1.74 bits per heavy atom. The molecule has 6 heteroatoms. The van der Waals surface area contributed by atoms with Gasteiger partial charge in [0, 0.05) is 23.4 Å². The Hall–Kier alpha value is -1.95. The number of carbonyl (C=O) groups is 1. The van der Waals surface area contributed by atoms with Crippen molar-refractivity contribution in [2.75, 3.05) is 12.3 Å². The highest BCUT2D eigenvalue weighted by Crippen LogP contribution is 2.55. The number of thioether (sulfide) groups is 1. The highest BCUT2D eigenvalue weighted by molar-refractivity contribution is 8.00. The summed E-state index contributed by atoms with van der Waals surface area (Å²) in [7, 11) is 0. The van der Waals surface area contributed by atoms with E-state index >= 15 is 0 Å². The molecule has 2 aliphatic heterocycles. The lowest BCUT2D eigenvalue weighted by atomic mass is 9.96. The molecule has 1 unspecified atom stereocenters. The van der Waals surface area contributed by atoms with Crippen molar-refractivity contribution < 1.29 is 18.0 Å². The number of halogens is 3. The summed E-state index contributed by atoms with van der Waals surface area (Å²) in [6.07, 6.45) is -4.36. The summed E-state index contributed by atoms with van der Waals surface area (Å²) >= 11 is 1.60. The van der Waals surface area contributed by atoms with E-state index in [9.17, 15) is 18.0 Å². The van der Waals surface area contributed by atoms with Crippen LogP contribution < -0.4 is 0 Å². The molecule has 1 saturated heterocycles. The van der Waals surface area contributed by atoms with Crippen LogP contribution >= 0.6 is 11.8 Å². The molecule has 23 heavy (non-hydrogen) atoms. The average molecular weight is 335 g/mol. The summed E-state index contributed by atoms with van der Waals surface area (Å²) < 4.78 is 38.4. The van der Waals surface area contributed by atoms with Gasteiger partial charge in [-0.15, -0.1) is 11.8 Å². The van der Waals surface area contributed by atoms with Gasteiger partial charge in [-0.25, -0.2) is 0 Å². The molecule has 2 nitrogen and oxygen atoms in total. The van der Waals surface area contributed by atoms with Crippen molar-refractivity contribution in [2.45, 2.75) is 11.0 Å². The zero-order valence-corrected chi connectivity index (χ0v) is 12.7. The Bertz CT molecular complexity index is 787. The van der Waals surface area contributed by atoms with Gasteiger partial charge in [0.1, 0.15) is 4.87 Å². The normalized spacial score (nSPS) is 23.1. The van der Waals surface area contributed by atoms with E-state index in [0.29, 0.717) is 17.7 Å². The van der Waals surface area contributed by atoms with Crippen molar-refractivity contribution in [3.8, 4) is 0 Å². The first-order chi connectivity index (χ1) is 10.9. The van der Waals surface area contributed by atoms with Crippen LogP contribution in [-0.4, -0.2) is 23.1 Å². The zero-order valence-electron chi connectivity index (χ0n) is 11.9. The summed E-state index contributed by atoms with van der Waals surface area (Å²) in [5.41, 5.74) is 1.54. The number of carbonyl (C=O) groups excluding carboxylic acids is 1. The van der Waals surface area contributed by atoms with Gasteiger partial charge in [-0.1, -0.05) is 30.3 Å². The number of alkyl halides is 3. The fourth-order valence-electron chi connectivity index (χ4n) is 3.38. The standard InChI is InChI=1S/C17H12F3NOS/c18-17(19,20)12-7-5-11(6-8-12)16-14-4-2-1-3-13(14)15(22)21(16)9-10-23-16/h1-8H,9-10H2. The van der Waals surface area contributed by atoms with E-state index in [0.717, 1.165) is 23.4 Å². The van der Waals surface area contributed by atoms with Gasteiger partial charge in [0.05, 0.1) is 5.56 Å². The van der Waals surface area contributed by atoms with Crippen molar-refractivity contribution in [3.63, 3.8) is 0 Å². The molecule has 2 aliphatic rings. The van der Waals surface area contributed by atoms with E-state index in [1.54, 1.807) is 22.7 Å². The molecule has 0 spiro atoms. The summed E-state index contributed by atoms with van der Waals surface area (Å²) in [6, 6.07) is 12.5. The minimum atomic E-state index is -4.36. The minimum absolute atomic E-state index is 0.0505. The number of fused-ring (bicyclic) bond motifs is 3. The van der Waals surface area contributed by atoms with E-state index in [-0.39, 0.29) is 5.91 Å². The predicted molar refractivity (Wildman–Crippen MR) is 82.2 cm³/mol. The Morgan fingerprint density at radius 1 is 1.04 bits per heavy atom. The second kappa shape index (κ2) is 4.77. The molecule has 118 valence electrons. The second-order valence-corrected chi connectivity index (χ2v) is 6.86. The number of benzene rings is 2. The molecule has 2 aromatic rings. The van der Waals surface area contributed by atoms with Gasteiger partial charge in [-0.05, 0) is 23.8 Å². The van der Waals surface area contributed by atoms with Gasteiger partial charge in [0.15, 0.2) is 0 Å². The average Bonchev–Trinajstić information content (AvgIpc) is 3.07. The van der Waals surface area contributed by atoms with Gasteiger partial charge in [-0.2, -0.15) is 13.2 Å². The third-order valence-electron chi connectivity index (χ3n) is 4.38. The first-order valence-corrected chi connectivity index (χ1v) is 8.16. The van der Waals surface area contributed by atoms with Gasteiger partial charge in [0.25, 0.3) is 5.91 Å². The van der Waals surface area contributed by atoms with Crippen LogP contribution in [0.1, 0.15) is 27.0 Å². The van der Waals surface area contributed by atoms with E-state index in [1.165, 1.54) is 12.1 Å². The highest BCUT2D eigenvalue weighted by Gasteiger charge is 2.54. The van der Waals surface area contributed by atoms with Crippen LogP contribution in [0, 0.1) is 0 Å². The fourth-order valence-corrected chi connectivity index (χ4v) is 4.91. The molecule has 1 amide bonds. The second-order valence-electron chi connectivity index (χ2n) is 5.57. The molecule has 0 saturated carbocycles. The van der Waals surface area contributed by atoms with Gasteiger partial charge in [0.2, 0.25) is 0 Å². The van der Waals surface area contributed by atoms with Crippen molar-refractivity contribution in [1.82, 2.24) is 4.90 Å².